The van der Waals surface area contributed by atoms with Crippen molar-refractivity contribution >= 4 is 16.9 Å². The van der Waals surface area contributed by atoms with Crippen LogP contribution in [0.3, 0.4) is 0 Å². The molecule has 130 valence electrons. The van der Waals surface area contributed by atoms with Gasteiger partial charge in [-0.2, -0.15) is 5.10 Å². The number of rotatable bonds is 6. The highest BCUT2D eigenvalue weighted by Gasteiger charge is 2.18. The molecule has 7 heteroatoms. The molecule has 0 radical (unpaired) electrons. The maximum absolute atomic E-state index is 9.18. The molecule has 0 bridgehead atoms. The fourth-order valence-corrected chi connectivity index (χ4v) is 2.92. The van der Waals surface area contributed by atoms with Crippen LogP contribution in [0.25, 0.3) is 11.0 Å². The maximum Gasteiger partial charge on any atom is 0.163 e. The van der Waals surface area contributed by atoms with E-state index in [9.17, 15) is 5.11 Å². The van der Waals surface area contributed by atoms with Gasteiger partial charge < -0.3 is 10.4 Å². The average molecular weight is 346 g/mol. The van der Waals surface area contributed by atoms with Crippen LogP contribution in [0.15, 0.2) is 67.3 Å². The number of hydrogen-bond acceptors (Lipinski definition) is 6. The molecule has 4 rings (SSSR count). The third-order valence-electron chi connectivity index (χ3n) is 4.14. The molecular formula is C19H18N6O. The van der Waals surface area contributed by atoms with Crippen LogP contribution in [0, 0.1) is 0 Å². The number of fused-ring (bicyclic) bond motifs is 1. The Morgan fingerprint density at radius 3 is 2.62 bits per heavy atom. The number of benzene rings is 1. The predicted molar refractivity (Wildman–Crippen MR) is 98.6 cm³/mol. The van der Waals surface area contributed by atoms with Gasteiger partial charge in [0.25, 0.3) is 0 Å². The van der Waals surface area contributed by atoms with Crippen molar-refractivity contribution in [3.05, 3.63) is 78.5 Å². The highest BCUT2D eigenvalue weighted by atomic mass is 16.3. The zero-order valence-electron chi connectivity index (χ0n) is 14.0. The molecule has 1 aromatic carbocycles. The number of aromatic nitrogens is 5. The van der Waals surface area contributed by atoms with Gasteiger partial charge in [0.2, 0.25) is 0 Å². The van der Waals surface area contributed by atoms with Gasteiger partial charge in [0, 0.05) is 6.20 Å². The molecule has 7 nitrogen and oxygen atoms in total. The van der Waals surface area contributed by atoms with E-state index in [-0.39, 0.29) is 12.6 Å². The molecular weight excluding hydrogens is 328 g/mol. The molecule has 4 aromatic rings. The number of hydrogen-bond donors (Lipinski definition) is 2. The van der Waals surface area contributed by atoms with Gasteiger partial charge >= 0.3 is 0 Å². The standard InChI is InChI=1S/C19H18N6O/c26-11-10-25-19-15(12-23-25)18(21-13-22-19)24-17(14-6-2-1-3-7-14)16-8-4-5-9-20-16/h1-9,12-13,17,26H,10-11H2,(H,21,22,24)/t17-/m1/s1. The molecule has 3 aromatic heterocycles. The Labute approximate surface area is 150 Å². The summed E-state index contributed by atoms with van der Waals surface area (Å²) in [5.74, 6) is 0.679. The Morgan fingerprint density at radius 1 is 1.00 bits per heavy atom. The lowest BCUT2D eigenvalue weighted by Gasteiger charge is -2.19. The summed E-state index contributed by atoms with van der Waals surface area (Å²) in [5, 5.41) is 17.8. The summed E-state index contributed by atoms with van der Waals surface area (Å²) in [6, 6.07) is 15.8. The Kier molecular flexibility index (Phi) is 4.53. The lowest BCUT2D eigenvalue weighted by atomic mass is 10.0. The Morgan fingerprint density at radius 2 is 1.85 bits per heavy atom. The Bertz CT molecular complexity index is 947. The van der Waals surface area contributed by atoms with Crippen LogP contribution < -0.4 is 5.32 Å². The van der Waals surface area contributed by atoms with E-state index in [0.717, 1.165) is 16.6 Å². The second-order valence-corrected chi connectivity index (χ2v) is 5.79. The van der Waals surface area contributed by atoms with Crippen molar-refractivity contribution < 1.29 is 5.11 Å². The molecule has 0 fully saturated rings. The van der Waals surface area contributed by atoms with Crippen LogP contribution >= 0.6 is 0 Å². The average Bonchev–Trinajstić information content (AvgIpc) is 3.12. The molecule has 0 aliphatic carbocycles. The number of aliphatic hydroxyl groups excluding tert-OH is 1. The van der Waals surface area contributed by atoms with Gasteiger partial charge in [-0.25, -0.2) is 14.6 Å². The summed E-state index contributed by atoms with van der Waals surface area (Å²) in [6.07, 6.45) is 5.00. The van der Waals surface area contributed by atoms with Gasteiger partial charge in [-0.3, -0.25) is 4.98 Å². The van der Waals surface area contributed by atoms with Gasteiger partial charge in [-0.05, 0) is 17.7 Å². The molecule has 0 amide bonds. The first-order chi connectivity index (χ1) is 12.9. The minimum atomic E-state index is -0.156. The molecule has 26 heavy (non-hydrogen) atoms. The lowest BCUT2D eigenvalue weighted by molar-refractivity contribution is 0.271. The largest absolute Gasteiger partial charge is 0.394 e. The molecule has 0 unspecified atom stereocenters. The summed E-state index contributed by atoms with van der Waals surface area (Å²) >= 11 is 0. The van der Waals surface area contributed by atoms with E-state index in [4.69, 9.17) is 0 Å². The molecule has 1 atom stereocenters. The first-order valence-corrected chi connectivity index (χ1v) is 8.36. The molecule has 0 saturated carbocycles. The van der Waals surface area contributed by atoms with Crippen LogP contribution in [-0.2, 0) is 6.54 Å². The lowest BCUT2D eigenvalue weighted by Crippen LogP contribution is -2.15. The van der Waals surface area contributed by atoms with Crippen LogP contribution in [0.1, 0.15) is 17.3 Å². The van der Waals surface area contributed by atoms with E-state index < -0.39 is 0 Å². The number of nitrogens with zero attached hydrogens (tertiary/aromatic N) is 5. The zero-order chi connectivity index (χ0) is 17.8. The second kappa shape index (κ2) is 7.28. The highest BCUT2D eigenvalue weighted by Crippen LogP contribution is 2.27. The summed E-state index contributed by atoms with van der Waals surface area (Å²) in [7, 11) is 0. The summed E-state index contributed by atoms with van der Waals surface area (Å²) in [5.41, 5.74) is 2.67. The van der Waals surface area contributed by atoms with Gasteiger partial charge in [0.05, 0.1) is 36.5 Å². The normalized spacial score (nSPS) is 12.2. The third kappa shape index (κ3) is 3.12. The van der Waals surface area contributed by atoms with Crippen LogP contribution in [0.2, 0.25) is 0 Å². The smallest absolute Gasteiger partial charge is 0.163 e. The first kappa shape index (κ1) is 16.2. The summed E-state index contributed by atoms with van der Waals surface area (Å²) in [6.45, 7) is 0.395. The number of nitrogens with one attached hydrogen (secondary N) is 1. The van der Waals surface area contributed by atoms with Gasteiger partial charge in [-0.1, -0.05) is 36.4 Å². The van der Waals surface area contributed by atoms with E-state index in [1.165, 1.54) is 6.33 Å². The molecule has 2 N–H and O–H groups in total. The van der Waals surface area contributed by atoms with Gasteiger partial charge in [-0.15, -0.1) is 0 Å². The molecule has 0 aliphatic heterocycles. The fraction of sp³-hybridized carbons (Fsp3) is 0.158. The first-order valence-electron chi connectivity index (χ1n) is 8.36. The SMILES string of the molecule is OCCn1ncc2c(N[C@H](c3ccccc3)c3ccccn3)ncnc21. The topological polar surface area (TPSA) is 88.8 Å². The van der Waals surface area contributed by atoms with E-state index in [2.05, 4.69) is 37.5 Å². The Balaban J connectivity index is 1.76. The predicted octanol–water partition coefficient (Wildman–Crippen LogP) is 2.42. The minimum absolute atomic E-state index is 0.00409. The van der Waals surface area contributed by atoms with Crippen molar-refractivity contribution in [2.24, 2.45) is 0 Å². The summed E-state index contributed by atoms with van der Waals surface area (Å²) < 4.78 is 1.67. The Hall–Kier alpha value is -3.32. The second-order valence-electron chi connectivity index (χ2n) is 5.79. The minimum Gasteiger partial charge on any atom is -0.394 e. The monoisotopic (exact) mass is 346 g/mol. The van der Waals surface area contributed by atoms with Crippen molar-refractivity contribution in [2.45, 2.75) is 12.6 Å². The van der Waals surface area contributed by atoms with Crippen molar-refractivity contribution in [2.75, 3.05) is 11.9 Å². The van der Waals surface area contributed by atoms with Crippen molar-refractivity contribution in [1.29, 1.82) is 0 Å². The summed E-state index contributed by atoms with van der Waals surface area (Å²) in [4.78, 5) is 13.2. The number of pyridine rings is 1. The van der Waals surface area contributed by atoms with E-state index in [1.807, 2.05) is 36.4 Å². The quantitative estimate of drug-likeness (QED) is 0.557. The van der Waals surface area contributed by atoms with Gasteiger partial charge in [0.1, 0.15) is 12.1 Å². The molecule has 0 saturated heterocycles. The maximum atomic E-state index is 9.18. The fourth-order valence-electron chi connectivity index (χ4n) is 2.92. The number of aliphatic hydroxyl groups is 1. The van der Waals surface area contributed by atoms with Crippen LogP contribution in [-0.4, -0.2) is 36.4 Å². The van der Waals surface area contributed by atoms with Crippen molar-refractivity contribution in [3.8, 4) is 0 Å². The zero-order valence-corrected chi connectivity index (χ0v) is 14.0. The van der Waals surface area contributed by atoms with E-state index >= 15 is 0 Å². The van der Waals surface area contributed by atoms with Crippen LogP contribution in [0.4, 0.5) is 5.82 Å². The molecule has 3 heterocycles. The molecule has 0 aliphatic rings. The van der Waals surface area contributed by atoms with E-state index in [0.29, 0.717) is 18.0 Å². The van der Waals surface area contributed by atoms with Crippen molar-refractivity contribution in [3.63, 3.8) is 0 Å². The number of anilines is 1. The highest BCUT2D eigenvalue weighted by molar-refractivity contribution is 5.86. The van der Waals surface area contributed by atoms with E-state index in [1.54, 1.807) is 17.1 Å². The van der Waals surface area contributed by atoms with Crippen LogP contribution in [0.5, 0.6) is 0 Å². The third-order valence-corrected chi connectivity index (χ3v) is 4.14. The van der Waals surface area contributed by atoms with Crippen molar-refractivity contribution in [1.82, 2.24) is 24.7 Å². The molecule has 0 spiro atoms. The van der Waals surface area contributed by atoms with Gasteiger partial charge in [0.15, 0.2) is 5.65 Å².